The Morgan fingerprint density at radius 3 is 2.82 bits per heavy atom. The Bertz CT molecular complexity index is 396. The molecule has 0 aliphatic heterocycles. The Morgan fingerprint density at radius 2 is 2.29 bits per heavy atom. The molecule has 0 aliphatic carbocycles. The minimum absolute atomic E-state index is 0.0180. The van der Waals surface area contributed by atoms with Crippen LogP contribution in [0, 0.1) is 17.0 Å². The van der Waals surface area contributed by atoms with Crippen molar-refractivity contribution >= 4 is 11.5 Å². The molecule has 1 rings (SSSR count). The summed E-state index contributed by atoms with van der Waals surface area (Å²) in [4.78, 5) is 16.2. The second-order valence-corrected chi connectivity index (χ2v) is 3.71. The number of likely N-dealkylation sites (N-methyl/N-ethyl adjacent to an activating group) is 1. The van der Waals surface area contributed by atoms with Crippen LogP contribution in [-0.2, 0) is 4.74 Å². The van der Waals surface area contributed by atoms with E-state index in [2.05, 4.69) is 4.98 Å². The first-order valence-corrected chi connectivity index (χ1v) is 5.46. The molecule has 0 aromatic carbocycles. The van der Waals surface area contributed by atoms with E-state index in [1.54, 1.807) is 0 Å². The van der Waals surface area contributed by atoms with Gasteiger partial charge in [0.25, 0.3) is 5.69 Å². The van der Waals surface area contributed by atoms with Gasteiger partial charge < -0.3 is 9.64 Å². The van der Waals surface area contributed by atoms with Gasteiger partial charge >= 0.3 is 0 Å². The van der Waals surface area contributed by atoms with Crippen molar-refractivity contribution in [3.8, 4) is 0 Å². The van der Waals surface area contributed by atoms with E-state index in [1.807, 2.05) is 25.8 Å². The van der Waals surface area contributed by atoms with Crippen LogP contribution in [-0.4, -0.2) is 36.7 Å². The van der Waals surface area contributed by atoms with Crippen LogP contribution in [0.25, 0.3) is 0 Å². The van der Waals surface area contributed by atoms with Crippen LogP contribution in [0.2, 0.25) is 0 Å². The number of nitro groups is 1. The molecule has 0 aliphatic rings. The summed E-state index contributed by atoms with van der Waals surface area (Å²) in [6.45, 7) is 5.76. The summed E-state index contributed by atoms with van der Waals surface area (Å²) in [7, 11) is 1.89. The fourth-order valence-corrected chi connectivity index (χ4v) is 1.50. The van der Waals surface area contributed by atoms with E-state index in [0.717, 1.165) is 11.4 Å². The summed E-state index contributed by atoms with van der Waals surface area (Å²) >= 11 is 0. The van der Waals surface area contributed by atoms with Gasteiger partial charge in [-0.15, -0.1) is 0 Å². The Labute approximate surface area is 100 Å². The van der Waals surface area contributed by atoms with Crippen LogP contribution in [0.15, 0.2) is 12.3 Å². The van der Waals surface area contributed by atoms with Crippen molar-refractivity contribution in [2.24, 2.45) is 0 Å². The highest BCUT2D eigenvalue weighted by atomic mass is 16.6. The van der Waals surface area contributed by atoms with E-state index in [1.165, 1.54) is 12.3 Å². The predicted molar refractivity (Wildman–Crippen MR) is 65.4 cm³/mol. The largest absolute Gasteiger partial charge is 0.380 e. The van der Waals surface area contributed by atoms with Gasteiger partial charge in [0.2, 0.25) is 0 Å². The predicted octanol–water partition coefficient (Wildman–Crippen LogP) is 1.77. The smallest absolute Gasteiger partial charge is 0.287 e. The Hall–Kier alpha value is -1.69. The highest BCUT2D eigenvalue weighted by Crippen LogP contribution is 2.20. The first kappa shape index (κ1) is 13.4. The molecule has 1 aromatic heterocycles. The molecule has 0 amide bonds. The van der Waals surface area contributed by atoms with Crippen molar-refractivity contribution in [3.63, 3.8) is 0 Å². The topological polar surface area (TPSA) is 68.5 Å². The Morgan fingerprint density at radius 1 is 1.59 bits per heavy atom. The molecule has 0 fully saturated rings. The molecule has 0 spiro atoms. The number of hydrogen-bond donors (Lipinski definition) is 0. The molecule has 1 heterocycles. The highest BCUT2D eigenvalue weighted by molar-refractivity contribution is 5.49. The standard InChI is InChI=1S/C11H17N3O3/c1-4-17-6-5-13(3)11-9(2)7-10(8-12-11)14(15)16/h7-8H,4-6H2,1-3H3. The maximum atomic E-state index is 10.6. The van der Waals surface area contributed by atoms with Crippen LogP contribution in [0.1, 0.15) is 12.5 Å². The second-order valence-electron chi connectivity index (χ2n) is 3.71. The van der Waals surface area contributed by atoms with Crippen molar-refractivity contribution in [1.82, 2.24) is 4.98 Å². The summed E-state index contributed by atoms with van der Waals surface area (Å²) in [5, 5.41) is 10.6. The Balaban J connectivity index is 2.74. The van der Waals surface area contributed by atoms with Crippen LogP contribution in [0.4, 0.5) is 11.5 Å². The number of ether oxygens (including phenoxy) is 1. The quantitative estimate of drug-likeness (QED) is 0.430. The number of rotatable bonds is 6. The number of hydrogen-bond acceptors (Lipinski definition) is 5. The van der Waals surface area contributed by atoms with Crippen molar-refractivity contribution in [1.29, 1.82) is 0 Å². The van der Waals surface area contributed by atoms with Crippen molar-refractivity contribution in [2.75, 3.05) is 31.7 Å². The van der Waals surface area contributed by atoms with E-state index >= 15 is 0 Å². The van der Waals surface area contributed by atoms with E-state index in [9.17, 15) is 10.1 Å². The van der Waals surface area contributed by atoms with Crippen LogP contribution >= 0.6 is 0 Å². The van der Waals surface area contributed by atoms with Crippen LogP contribution in [0.3, 0.4) is 0 Å². The van der Waals surface area contributed by atoms with Gasteiger partial charge in [-0.3, -0.25) is 10.1 Å². The summed E-state index contributed by atoms with van der Waals surface area (Å²) in [6, 6.07) is 1.53. The molecule has 17 heavy (non-hydrogen) atoms. The average Bonchev–Trinajstić information content (AvgIpc) is 2.28. The van der Waals surface area contributed by atoms with Gasteiger partial charge in [-0.25, -0.2) is 4.98 Å². The molecule has 0 atom stereocenters. The third-order valence-electron chi connectivity index (χ3n) is 2.38. The average molecular weight is 239 g/mol. The number of pyridine rings is 1. The second kappa shape index (κ2) is 6.15. The summed E-state index contributed by atoms with van der Waals surface area (Å²) in [5.41, 5.74) is 0.808. The molecular formula is C11H17N3O3. The molecule has 0 radical (unpaired) electrons. The third-order valence-corrected chi connectivity index (χ3v) is 2.38. The number of aryl methyl sites for hydroxylation is 1. The summed E-state index contributed by atoms with van der Waals surface area (Å²) < 4.78 is 5.25. The van der Waals surface area contributed by atoms with Crippen molar-refractivity contribution in [2.45, 2.75) is 13.8 Å². The first-order valence-electron chi connectivity index (χ1n) is 5.46. The van der Waals surface area contributed by atoms with Crippen LogP contribution < -0.4 is 4.90 Å². The molecule has 94 valence electrons. The summed E-state index contributed by atoms with van der Waals surface area (Å²) in [5.74, 6) is 0.746. The fourth-order valence-electron chi connectivity index (χ4n) is 1.50. The lowest BCUT2D eigenvalue weighted by Gasteiger charge is -2.19. The lowest BCUT2D eigenvalue weighted by Crippen LogP contribution is -2.24. The lowest BCUT2D eigenvalue weighted by atomic mass is 10.2. The van der Waals surface area contributed by atoms with E-state index in [-0.39, 0.29) is 5.69 Å². The van der Waals surface area contributed by atoms with Gasteiger partial charge in [0.1, 0.15) is 12.0 Å². The number of aromatic nitrogens is 1. The zero-order chi connectivity index (χ0) is 12.8. The molecule has 0 saturated heterocycles. The first-order chi connectivity index (χ1) is 8.06. The molecule has 6 nitrogen and oxygen atoms in total. The van der Waals surface area contributed by atoms with Gasteiger partial charge in [-0.2, -0.15) is 0 Å². The number of anilines is 1. The van der Waals surface area contributed by atoms with Crippen molar-refractivity contribution < 1.29 is 9.66 Å². The van der Waals surface area contributed by atoms with E-state index in [0.29, 0.717) is 19.8 Å². The van der Waals surface area contributed by atoms with Crippen LogP contribution in [0.5, 0.6) is 0 Å². The monoisotopic (exact) mass is 239 g/mol. The minimum atomic E-state index is -0.441. The Kier molecular flexibility index (Phi) is 4.84. The zero-order valence-electron chi connectivity index (χ0n) is 10.3. The van der Waals surface area contributed by atoms with E-state index in [4.69, 9.17) is 4.74 Å². The maximum absolute atomic E-state index is 10.6. The van der Waals surface area contributed by atoms with Crippen molar-refractivity contribution in [3.05, 3.63) is 27.9 Å². The molecule has 0 bridgehead atoms. The fraction of sp³-hybridized carbons (Fsp3) is 0.545. The lowest BCUT2D eigenvalue weighted by molar-refractivity contribution is -0.385. The molecular weight excluding hydrogens is 222 g/mol. The third kappa shape index (κ3) is 3.67. The van der Waals surface area contributed by atoms with Gasteiger partial charge in [0, 0.05) is 26.3 Å². The van der Waals surface area contributed by atoms with Gasteiger partial charge in [-0.05, 0) is 19.4 Å². The van der Waals surface area contributed by atoms with Gasteiger partial charge in [0.15, 0.2) is 0 Å². The molecule has 6 heteroatoms. The minimum Gasteiger partial charge on any atom is -0.380 e. The van der Waals surface area contributed by atoms with Gasteiger partial charge in [0.05, 0.1) is 11.5 Å². The normalized spacial score (nSPS) is 10.3. The molecule has 1 aromatic rings. The van der Waals surface area contributed by atoms with E-state index < -0.39 is 4.92 Å². The SMILES string of the molecule is CCOCCN(C)c1ncc([N+](=O)[O-])cc1C. The zero-order valence-corrected chi connectivity index (χ0v) is 10.3. The highest BCUT2D eigenvalue weighted by Gasteiger charge is 2.12. The van der Waals surface area contributed by atoms with Gasteiger partial charge in [-0.1, -0.05) is 0 Å². The molecule has 0 unspecified atom stereocenters. The maximum Gasteiger partial charge on any atom is 0.287 e. The number of nitrogens with zero attached hydrogens (tertiary/aromatic N) is 3. The summed E-state index contributed by atoms with van der Waals surface area (Å²) in [6.07, 6.45) is 1.28. The molecule has 0 saturated carbocycles. The molecule has 0 N–H and O–H groups in total.